The number of halogens is 1. The van der Waals surface area contributed by atoms with Crippen LogP contribution in [0.15, 0.2) is 70.2 Å². The summed E-state index contributed by atoms with van der Waals surface area (Å²) in [5.41, 5.74) is 4.71. The highest BCUT2D eigenvalue weighted by Gasteiger charge is 2.30. The number of nitrogens with one attached hydrogen (secondary N) is 1. The fourth-order valence-electron chi connectivity index (χ4n) is 3.07. The van der Waals surface area contributed by atoms with Gasteiger partial charge in [-0.3, -0.25) is 14.5 Å². The molecule has 0 fully saturated rings. The van der Waals surface area contributed by atoms with Crippen molar-refractivity contribution in [1.29, 1.82) is 0 Å². The van der Waals surface area contributed by atoms with Gasteiger partial charge in [0, 0.05) is 21.0 Å². The van der Waals surface area contributed by atoms with Gasteiger partial charge in [-0.2, -0.15) is 5.10 Å². The van der Waals surface area contributed by atoms with Crippen LogP contribution in [0, 0.1) is 0 Å². The van der Waals surface area contributed by atoms with E-state index in [2.05, 4.69) is 26.5 Å². The first kappa shape index (κ1) is 16.5. The predicted molar refractivity (Wildman–Crippen MR) is 106 cm³/mol. The lowest BCUT2D eigenvalue weighted by Gasteiger charge is -2.16. The molecule has 1 heterocycles. The van der Waals surface area contributed by atoms with Gasteiger partial charge in [0.2, 0.25) is 0 Å². The molecule has 0 aliphatic carbocycles. The van der Waals surface area contributed by atoms with Gasteiger partial charge in [0.25, 0.3) is 11.8 Å². The van der Waals surface area contributed by atoms with Gasteiger partial charge in [0.05, 0.1) is 11.9 Å². The van der Waals surface area contributed by atoms with Crippen molar-refractivity contribution in [3.63, 3.8) is 0 Å². The van der Waals surface area contributed by atoms with Crippen LogP contribution in [0.2, 0.25) is 0 Å². The van der Waals surface area contributed by atoms with Crippen molar-refractivity contribution < 1.29 is 9.59 Å². The van der Waals surface area contributed by atoms with Crippen molar-refractivity contribution in [1.82, 2.24) is 5.43 Å². The summed E-state index contributed by atoms with van der Waals surface area (Å²) in [6.07, 6.45) is 1.56. The van der Waals surface area contributed by atoms with Crippen LogP contribution in [-0.4, -0.2) is 24.6 Å². The molecule has 5 nitrogen and oxygen atoms in total. The molecule has 0 radical (unpaired) electrons. The quantitative estimate of drug-likeness (QED) is 0.529. The van der Waals surface area contributed by atoms with E-state index in [0.29, 0.717) is 5.56 Å². The Kier molecular flexibility index (Phi) is 4.26. The summed E-state index contributed by atoms with van der Waals surface area (Å²) in [6, 6.07) is 18.9. The Bertz CT molecular complexity index is 1060. The standard InChI is InChI=1S/C20H14BrN3O2/c21-16-9-2-1-5-14(16)11-22-23-18(25)12-24-17-10-4-7-13-6-3-8-15(19(13)17)20(24)26/h1-11H,12H2,(H,23,25)/b22-11+. The minimum absolute atomic E-state index is 0.0834. The number of nitrogens with zero attached hydrogens (tertiary/aromatic N) is 2. The van der Waals surface area contributed by atoms with Gasteiger partial charge in [-0.05, 0) is 23.6 Å². The number of hydrogen-bond acceptors (Lipinski definition) is 3. The lowest BCUT2D eigenvalue weighted by atomic mass is 10.1. The monoisotopic (exact) mass is 407 g/mol. The molecule has 3 aromatic carbocycles. The molecular weight excluding hydrogens is 394 g/mol. The molecule has 0 atom stereocenters. The third-order valence-electron chi connectivity index (χ3n) is 4.25. The van der Waals surface area contributed by atoms with Crippen LogP contribution >= 0.6 is 15.9 Å². The van der Waals surface area contributed by atoms with Crippen LogP contribution in [0.1, 0.15) is 15.9 Å². The van der Waals surface area contributed by atoms with Gasteiger partial charge in [0.15, 0.2) is 0 Å². The smallest absolute Gasteiger partial charge is 0.260 e. The highest BCUT2D eigenvalue weighted by Crippen LogP contribution is 2.36. The molecule has 0 spiro atoms. The number of amides is 2. The van der Waals surface area contributed by atoms with E-state index >= 15 is 0 Å². The molecule has 0 saturated heterocycles. The molecule has 0 bridgehead atoms. The number of carbonyl (C=O) groups is 2. The first-order valence-corrected chi connectivity index (χ1v) is 8.84. The van der Waals surface area contributed by atoms with E-state index < -0.39 is 0 Å². The van der Waals surface area contributed by atoms with Gasteiger partial charge in [0.1, 0.15) is 6.54 Å². The Balaban J connectivity index is 1.50. The van der Waals surface area contributed by atoms with Gasteiger partial charge >= 0.3 is 0 Å². The molecule has 0 aromatic heterocycles. The Morgan fingerprint density at radius 2 is 1.85 bits per heavy atom. The Labute approximate surface area is 158 Å². The molecular formula is C20H14BrN3O2. The molecule has 26 heavy (non-hydrogen) atoms. The second kappa shape index (κ2) is 6.72. The average molecular weight is 408 g/mol. The highest BCUT2D eigenvalue weighted by atomic mass is 79.9. The number of benzene rings is 3. The zero-order valence-electron chi connectivity index (χ0n) is 13.6. The maximum Gasteiger partial charge on any atom is 0.260 e. The lowest BCUT2D eigenvalue weighted by Crippen LogP contribution is -2.37. The molecule has 1 aliphatic heterocycles. The van der Waals surface area contributed by atoms with E-state index in [-0.39, 0.29) is 18.4 Å². The fraction of sp³-hybridized carbons (Fsp3) is 0.0500. The van der Waals surface area contributed by atoms with E-state index in [9.17, 15) is 9.59 Å². The minimum Gasteiger partial charge on any atom is -0.298 e. The van der Waals surface area contributed by atoms with Gasteiger partial charge in [-0.15, -0.1) is 0 Å². The molecule has 0 saturated carbocycles. The number of anilines is 1. The number of hydrogen-bond donors (Lipinski definition) is 1. The van der Waals surface area contributed by atoms with Gasteiger partial charge in [-0.1, -0.05) is 58.4 Å². The molecule has 3 aromatic rings. The largest absolute Gasteiger partial charge is 0.298 e. The summed E-state index contributed by atoms with van der Waals surface area (Å²) in [5.74, 6) is -0.520. The van der Waals surface area contributed by atoms with E-state index in [4.69, 9.17) is 0 Å². The second-order valence-electron chi connectivity index (χ2n) is 5.89. The predicted octanol–water partition coefficient (Wildman–Crippen LogP) is 3.71. The van der Waals surface area contributed by atoms with Crippen LogP contribution in [0.5, 0.6) is 0 Å². The fourth-order valence-corrected chi connectivity index (χ4v) is 3.46. The van der Waals surface area contributed by atoms with Gasteiger partial charge in [-0.25, -0.2) is 5.43 Å². The van der Waals surface area contributed by atoms with Crippen molar-refractivity contribution in [2.45, 2.75) is 0 Å². The Hall–Kier alpha value is -2.99. The number of rotatable bonds is 4. The molecule has 1 aliphatic rings. The van der Waals surface area contributed by atoms with Crippen molar-refractivity contribution in [2.75, 3.05) is 11.4 Å². The molecule has 128 valence electrons. The normalized spacial score (nSPS) is 13.0. The van der Waals surface area contributed by atoms with Crippen LogP contribution in [0.4, 0.5) is 5.69 Å². The zero-order chi connectivity index (χ0) is 18.1. The van der Waals surface area contributed by atoms with Gasteiger partial charge < -0.3 is 0 Å². The minimum atomic E-state index is -0.355. The summed E-state index contributed by atoms with van der Waals surface area (Å²) >= 11 is 3.42. The first-order valence-electron chi connectivity index (χ1n) is 8.05. The third-order valence-corrected chi connectivity index (χ3v) is 4.97. The topological polar surface area (TPSA) is 61.8 Å². The second-order valence-corrected chi connectivity index (χ2v) is 6.74. The maximum absolute atomic E-state index is 12.7. The van der Waals surface area contributed by atoms with E-state index in [1.807, 2.05) is 54.6 Å². The Morgan fingerprint density at radius 1 is 1.08 bits per heavy atom. The average Bonchev–Trinajstić information content (AvgIpc) is 2.91. The number of carbonyl (C=O) groups excluding carboxylic acids is 2. The van der Waals surface area contributed by atoms with E-state index in [1.54, 1.807) is 12.3 Å². The van der Waals surface area contributed by atoms with Crippen LogP contribution < -0.4 is 10.3 Å². The highest BCUT2D eigenvalue weighted by molar-refractivity contribution is 9.10. The van der Waals surface area contributed by atoms with Crippen LogP contribution in [0.25, 0.3) is 10.8 Å². The summed E-state index contributed by atoms with van der Waals surface area (Å²) in [6.45, 7) is -0.0834. The van der Waals surface area contributed by atoms with Crippen molar-refractivity contribution in [3.8, 4) is 0 Å². The Morgan fingerprint density at radius 3 is 2.65 bits per heavy atom. The van der Waals surface area contributed by atoms with Crippen LogP contribution in [-0.2, 0) is 4.79 Å². The number of hydrazone groups is 1. The molecule has 2 amide bonds. The summed E-state index contributed by atoms with van der Waals surface area (Å²) < 4.78 is 0.884. The van der Waals surface area contributed by atoms with Crippen molar-refractivity contribution in [2.24, 2.45) is 5.10 Å². The summed E-state index contributed by atoms with van der Waals surface area (Å²) in [4.78, 5) is 26.4. The molecule has 4 rings (SSSR count). The summed E-state index contributed by atoms with van der Waals surface area (Å²) in [5, 5.41) is 5.86. The van der Waals surface area contributed by atoms with E-state index in [1.165, 1.54) is 4.90 Å². The zero-order valence-corrected chi connectivity index (χ0v) is 15.2. The maximum atomic E-state index is 12.7. The SMILES string of the molecule is O=C(CN1C(=O)c2cccc3cccc1c23)N/N=C/c1ccccc1Br. The van der Waals surface area contributed by atoms with Crippen LogP contribution in [0.3, 0.4) is 0 Å². The molecule has 1 N–H and O–H groups in total. The van der Waals surface area contributed by atoms with Crippen molar-refractivity contribution in [3.05, 3.63) is 76.3 Å². The third kappa shape index (κ3) is 2.88. The molecule has 6 heteroatoms. The van der Waals surface area contributed by atoms with Crippen molar-refractivity contribution >= 4 is 50.4 Å². The van der Waals surface area contributed by atoms with E-state index in [0.717, 1.165) is 26.5 Å². The lowest BCUT2D eigenvalue weighted by molar-refractivity contribution is -0.119. The molecule has 0 unspecified atom stereocenters. The first-order chi connectivity index (χ1) is 12.6. The summed E-state index contributed by atoms with van der Waals surface area (Å²) in [7, 11) is 0.